The Labute approximate surface area is 118 Å². The molecular weight excluding hydrogens is 260 g/mol. The number of hydrogen-bond acceptors (Lipinski definition) is 4. The largest absolute Gasteiger partial charge is 0.444 e. The van der Waals surface area contributed by atoms with Gasteiger partial charge in [0.2, 0.25) is 0 Å². The molecule has 6 nitrogen and oxygen atoms in total. The van der Waals surface area contributed by atoms with Crippen LogP contribution in [0.4, 0.5) is 9.59 Å². The monoisotopic (exact) mass is 280 g/mol. The first-order valence-electron chi connectivity index (χ1n) is 6.34. The zero-order valence-corrected chi connectivity index (χ0v) is 11.9. The maximum atomic E-state index is 11.4. The minimum Gasteiger partial charge on any atom is -0.444 e. The number of para-hydroxylation sites is 1. The highest BCUT2D eigenvalue weighted by Crippen LogP contribution is 2.08. The molecule has 0 fully saturated rings. The van der Waals surface area contributed by atoms with Crippen LogP contribution in [-0.2, 0) is 4.74 Å². The number of benzene rings is 1. The number of carbonyl (C=O) groups excluding carboxylic acids is 2. The van der Waals surface area contributed by atoms with E-state index >= 15 is 0 Å². The predicted octanol–water partition coefficient (Wildman–Crippen LogP) is 2.30. The highest BCUT2D eigenvalue weighted by Gasteiger charge is 2.15. The zero-order valence-electron chi connectivity index (χ0n) is 11.9. The van der Waals surface area contributed by atoms with Gasteiger partial charge >= 0.3 is 12.2 Å². The first kappa shape index (κ1) is 15.8. The van der Waals surface area contributed by atoms with Gasteiger partial charge in [-0.15, -0.1) is 0 Å². The molecule has 0 bridgehead atoms. The molecule has 1 aromatic rings. The van der Waals surface area contributed by atoms with E-state index in [1.165, 1.54) is 0 Å². The Morgan fingerprint density at radius 1 is 1.00 bits per heavy atom. The number of nitrogens with one attached hydrogen (secondary N) is 2. The molecule has 0 saturated heterocycles. The molecular formula is C14H20N2O4. The molecule has 6 heteroatoms. The van der Waals surface area contributed by atoms with Crippen LogP contribution in [0.15, 0.2) is 30.3 Å². The van der Waals surface area contributed by atoms with Crippen LogP contribution in [0.2, 0.25) is 0 Å². The topological polar surface area (TPSA) is 76.7 Å². The Hall–Kier alpha value is -2.24. The number of ether oxygens (including phenoxy) is 2. The van der Waals surface area contributed by atoms with Gasteiger partial charge in [0, 0.05) is 13.1 Å². The molecule has 0 atom stereocenters. The summed E-state index contributed by atoms with van der Waals surface area (Å²) < 4.78 is 10.1. The third-order valence-electron chi connectivity index (χ3n) is 2.02. The van der Waals surface area contributed by atoms with Gasteiger partial charge in [0.1, 0.15) is 11.4 Å². The smallest absolute Gasteiger partial charge is 0.412 e. The minimum atomic E-state index is -0.567. The minimum absolute atomic E-state index is 0.255. The molecule has 0 aromatic heterocycles. The summed E-state index contributed by atoms with van der Waals surface area (Å²) in [6, 6.07) is 8.73. The SMILES string of the molecule is CC(C)(C)OC(=O)NCCNC(=O)Oc1ccccc1. The van der Waals surface area contributed by atoms with Crippen LogP contribution in [0.25, 0.3) is 0 Å². The maximum absolute atomic E-state index is 11.4. The van der Waals surface area contributed by atoms with Crippen molar-refractivity contribution >= 4 is 12.2 Å². The predicted molar refractivity (Wildman–Crippen MR) is 74.7 cm³/mol. The first-order valence-corrected chi connectivity index (χ1v) is 6.34. The molecule has 0 aliphatic carbocycles. The Kier molecular flexibility index (Phi) is 5.83. The lowest BCUT2D eigenvalue weighted by Gasteiger charge is -2.19. The van der Waals surface area contributed by atoms with E-state index in [9.17, 15) is 9.59 Å². The molecule has 110 valence electrons. The number of carbonyl (C=O) groups is 2. The van der Waals surface area contributed by atoms with E-state index in [-0.39, 0.29) is 13.1 Å². The summed E-state index contributed by atoms with van der Waals surface area (Å²) in [7, 11) is 0. The maximum Gasteiger partial charge on any atom is 0.412 e. The van der Waals surface area contributed by atoms with Gasteiger partial charge in [0.05, 0.1) is 0 Å². The van der Waals surface area contributed by atoms with Gasteiger partial charge in [0.15, 0.2) is 0 Å². The Balaban J connectivity index is 2.15. The number of alkyl carbamates (subject to hydrolysis) is 1. The second-order valence-corrected chi connectivity index (χ2v) is 5.06. The van der Waals surface area contributed by atoms with Crippen LogP contribution < -0.4 is 15.4 Å². The quantitative estimate of drug-likeness (QED) is 0.830. The molecule has 0 aliphatic heterocycles. The van der Waals surface area contributed by atoms with Gasteiger partial charge in [-0.1, -0.05) is 18.2 Å². The summed E-state index contributed by atoms with van der Waals surface area (Å²) in [6.45, 7) is 5.86. The van der Waals surface area contributed by atoms with Crippen molar-refractivity contribution in [2.45, 2.75) is 26.4 Å². The molecule has 1 rings (SSSR count). The van der Waals surface area contributed by atoms with E-state index in [0.29, 0.717) is 5.75 Å². The van der Waals surface area contributed by atoms with Crippen molar-refractivity contribution in [3.05, 3.63) is 30.3 Å². The Morgan fingerprint density at radius 3 is 2.10 bits per heavy atom. The van der Waals surface area contributed by atoms with Crippen LogP contribution in [0, 0.1) is 0 Å². The standard InChI is InChI=1S/C14H20N2O4/c1-14(2,3)20-13(18)16-10-9-15-12(17)19-11-7-5-4-6-8-11/h4-8H,9-10H2,1-3H3,(H,15,17)(H,16,18). The van der Waals surface area contributed by atoms with Gasteiger partial charge in [-0.3, -0.25) is 0 Å². The van der Waals surface area contributed by atoms with Gasteiger partial charge in [-0.25, -0.2) is 9.59 Å². The fourth-order valence-electron chi connectivity index (χ4n) is 1.27. The van der Waals surface area contributed by atoms with E-state index in [0.717, 1.165) is 0 Å². The van der Waals surface area contributed by atoms with Crippen LogP contribution in [-0.4, -0.2) is 30.9 Å². The third-order valence-corrected chi connectivity index (χ3v) is 2.02. The molecule has 1 aromatic carbocycles. The fourth-order valence-corrected chi connectivity index (χ4v) is 1.27. The Morgan fingerprint density at radius 2 is 1.55 bits per heavy atom. The fraction of sp³-hybridized carbons (Fsp3) is 0.429. The third kappa shape index (κ3) is 7.25. The van der Waals surface area contributed by atoms with Crippen molar-refractivity contribution in [2.75, 3.05) is 13.1 Å². The normalized spacial score (nSPS) is 10.6. The van der Waals surface area contributed by atoms with Gasteiger partial charge in [-0.05, 0) is 32.9 Å². The summed E-state index contributed by atoms with van der Waals surface area (Å²) in [6.07, 6.45) is -1.09. The van der Waals surface area contributed by atoms with Crippen LogP contribution in [0.3, 0.4) is 0 Å². The van der Waals surface area contributed by atoms with Crippen molar-refractivity contribution in [1.82, 2.24) is 10.6 Å². The van der Waals surface area contributed by atoms with Crippen LogP contribution in [0.5, 0.6) is 5.75 Å². The molecule has 2 amide bonds. The Bertz CT molecular complexity index is 440. The van der Waals surface area contributed by atoms with Crippen molar-refractivity contribution in [3.63, 3.8) is 0 Å². The van der Waals surface area contributed by atoms with E-state index in [1.807, 2.05) is 6.07 Å². The number of amides is 2. The average Bonchev–Trinajstić information content (AvgIpc) is 2.34. The summed E-state index contributed by atoms with van der Waals surface area (Å²) in [5.41, 5.74) is -0.538. The van der Waals surface area contributed by atoms with Crippen LogP contribution in [0.1, 0.15) is 20.8 Å². The molecule has 0 heterocycles. The molecule has 0 unspecified atom stereocenters. The lowest BCUT2D eigenvalue weighted by atomic mass is 10.2. The molecule has 0 aliphatic rings. The van der Waals surface area contributed by atoms with Crippen molar-refractivity contribution in [2.24, 2.45) is 0 Å². The zero-order chi connectivity index (χ0) is 15.0. The average molecular weight is 280 g/mol. The molecule has 0 saturated carbocycles. The summed E-state index contributed by atoms with van der Waals surface area (Å²) >= 11 is 0. The highest BCUT2D eigenvalue weighted by atomic mass is 16.6. The van der Waals surface area contributed by atoms with Gasteiger partial charge in [0.25, 0.3) is 0 Å². The molecule has 0 radical (unpaired) electrons. The molecule has 20 heavy (non-hydrogen) atoms. The number of hydrogen-bond donors (Lipinski definition) is 2. The molecule has 0 spiro atoms. The van der Waals surface area contributed by atoms with Gasteiger partial charge < -0.3 is 20.1 Å². The summed E-state index contributed by atoms with van der Waals surface area (Å²) in [5, 5.41) is 5.04. The van der Waals surface area contributed by atoms with Crippen molar-refractivity contribution < 1.29 is 19.1 Å². The second kappa shape index (κ2) is 7.37. The van der Waals surface area contributed by atoms with E-state index in [1.54, 1.807) is 45.0 Å². The number of rotatable bonds is 4. The van der Waals surface area contributed by atoms with Crippen LogP contribution >= 0.6 is 0 Å². The van der Waals surface area contributed by atoms with E-state index in [4.69, 9.17) is 9.47 Å². The molecule has 2 N–H and O–H groups in total. The summed E-state index contributed by atoms with van der Waals surface area (Å²) in [5.74, 6) is 0.463. The van der Waals surface area contributed by atoms with Gasteiger partial charge in [-0.2, -0.15) is 0 Å². The summed E-state index contributed by atoms with van der Waals surface area (Å²) in [4.78, 5) is 22.7. The van der Waals surface area contributed by atoms with E-state index < -0.39 is 17.8 Å². The second-order valence-electron chi connectivity index (χ2n) is 5.06. The van der Waals surface area contributed by atoms with E-state index in [2.05, 4.69) is 10.6 Å². The highest BCUT2D eigenvalue weighted by molar-refractivity contribution is 5.70. The lowest BCUT2D eigenvalue weighted by molar-refractivity contribution is 0.0528. The first-order chi connectivity index (χ1) is 9.37. The van der Waals surface area contributed by atoms with Crippen molar-refractivity contribution in [3.8, 4) is 5.75 Å². The lowest BCUT2D eigenvalue weighted by Crippen LogP contribution is -2.38. The van der Waals surface area contributed by atoms with Crippen molar-refractivity contribution in [1.29, 1.82) is 0 Å².